The first kappa shape index (κ1) is 28.2. The third-order valence-corrected chi connectivity index (χ3v) is 6.76. The van der Waals surface area contributed by atoms with Crippen molar-refractivity contribution in [3.63, 3.8) is 0 Å². The molecule has 0 spiro atoms. The molecule has 210 valence electrons. The fourth-order valence-corrected chi connectivity index (χ4v) is 4.72. The van der Waals surface area contributed by atoms with Gasteiger partial charge in [0.2, 0.25) is 17.8 Å². The van der Waals surface area contributed by atoms with Gasteiger partial charge in [-0.15, -0.1) is 0 Å². The molecule has 0 aliphatic carbocycles. The maximum Gasteiger partial charge on any atom is 0.427 e. The zero-order valence-corrected chi connectivity index (χ0v) is 21.2. The molecular formula is C26H27F6N5O2. The van der Waals surface area contributed by atoms with Crippen LogP contribution in [-0.2, 0) is 16.0 Å². The maximum atomic E-state index is 14.5. The molecule has 2 unspecified atom stereocenters. The number of nitrogens with zero attached hydrogens (tertiary/aromatic N) is 3. The van der Waals surface area contributed by atoms with E-state index >= 15 is 0 Å². The third kappa shape index (κ3) is 6.28. The summed E-state index contributed by atoms with van der Waals surface area (Å²) >= 11 is 0. The van der Waals surface area contributed by atoms with Crippen LogP contribution < -0.4 is 10.6 Å². The lowest BCUT2D eigenvalue weighted by Gasteiger charge is -2.39. The molecule has 2 amide bonds. The van der Waals surface area contributed by atoms with E-state index in [1.807, 2.05) is 0 Å². The fourth-order valence-electron chi connectivity index (χ4n) is 4.72. The molecule has 1 aromatic heterocycles. The summed E-state index contributed by atoms with van der Waals surface area (Å²) in [5.74, 6) is -2.98. The summed E-state index contributed by atoms with van der Waals surface area (Å²) < 4.78 is 83.2. The minimum Gasteiger partial charge on any atom is -0.356 e. The summed E-state index contributed by atoms with van der Waals surface area (Å²) in [6.45, 7) is 2.65. The van der Waals surface area contributed by atoms with Crippen LogP contribution in [0.1, 0.15) is 36.5 Å². The number of nitrogens with one attached hydrogen (secondary N) is 2. The van der Waals surface area contributed by atoms with Crippen LogP contribution in [0, 0.1) is 24.5 Å². The Kier molecular flexibility index (Phi) is 8.07. The van der Waals surface area contributed by atoms with Crippen molar-refractivity contribution in [2.75, 3.05) is 19.6 Å². The number of carbonyl (C=O) groups excluding carboxylic acids is 2. The molecule has 7 nitrogen and oxygen atoms in total. The molecule has 1 fully saturated rings. The van der Waals surface area contributed by atoms with Gasteiger partial charge in [0.1, 0.15) is 11.6 Å². The van der Waals surface area contributed by atoms with Crippen LogP contribution in [0.2, 0.25) is 0 Å². The average molecular weight is 556 g/mol. The number of fused-ring (bicyclic) bond motifs is 1. The molecule has 4 rings (SSSR count). The van der Waals surface area contributed by atoms with Gasteiger partial charge in [-0.25, -0.2) is 13.8 Å². The minimum atomic E-state index is -4.63. The van der Waals surface area contributed by atoms with Crippen LogP contribution in [0.25, 0.3) is 5.70 Å². The quantitative estimate of drug-likeness (QED) is 0.403. The lowest BCUT2D eigenvalue weighted by Crippen LogP contribution is -2.55. The summed E-state index contributed by atoms with van der Waals surface area (Å²) in [4.78, 5) is 31.4. The number of amides is 2. The van der Waals surface area contributed by atoms with Gasteiger partial charge in [0.25, 0.3) is 0 Å². The van der Waals surface area contributed by atoms with Crippen molar-refractivity contribution in [3.8, 4) is 0 Å². The summed E-state index contributed by atoms with van der Waals surface area (Å²) in [6, 6.07) is 3.50. The number of benzene rings is 1. The largest absolute Gasteiger partial charge is 0.427 e. The molecule has 1 saturated heterocycles. The van der Waals surface area contributed by atoms with Gasteiger partial charge in [0.15, 0.2) is 6.17 Å². The highest BCUT2D eigenvalue weighted by Crippen LogP contribution is 2.37. The van der Waals surface area contributed by atoms with Gasteiger partial charge in [0.05, 0.1) is 17.9 Å². The molecule has 1 aromatic carbocycles. The predicted octanol–water partition coefficient (Wildman–Crippen LogP) is 3.64. The summed E-state index contributed by atoms with van der Waals surface area (Å²) in [5.41, 5.74) is 0.588. The van der Waals surface area contributed by atoms with Gasteiger partial charge >= 0.3 is 6.18 Å². The van der Waals surface area contributed by atoms with Crippen LogP contribution in [0.3, 0.4) is 0 Å². The first-order valence-electron chi connectivity index (χ1n) is 12.3. The van der Waals surface area contributed by atoms with Crippen molar-refractivity contribution in [1.29, 1.82) is 0 Å². The SMILES string of the molecule is CCC(=O)NC(CC(=O)N1CCN2C(=C(c3ccc(F)nc3)NC2C(F)(F)F)C1)Cc1cc(F)c(C)cc1F. The number of hydrogen-bond donors (Lipinski definition) is 2. The zero-order chi connectivity index (χ0) is 28.5. The molecule has 2 N–H and O–H groups in total. The average Bonchev–Trinajstić information content (AvgIpc) is 3.27. The van der Waals surface area contributed by atoms with E-state index in [-0.39, 0.29) is 67.0 Å². The molecule has 0 bridgehead atoms. The van der Waals surface area contributed by atoms with Crippen LogP contribution in [0.5, 0.6) is 0 Å². The first-order valence-corrected chi connectivity index (χ1v) is 12.3. The standard InChI is InChI=1S/C26H27F6N5O2/c1-3-22(38)34-17(9-16-10-18(27)14(2)8-19(16)28)11-23(39)36-6-7-37-20(13-36)24(35-25(37)26(30,31)32)15-4-5-21(29)33-12-15/h4-5,8,10,12,17,25,35H,3,6-7,9,11,13H2,1-2H3,(H,34,38). The number of aryl methyl sites for hydroxylation is 1. The monoisotopic (exact) mass is 555 g/mol. The van der Waals surface area contributed by atoms with Gasteiger partial charge in [0, 0.05) is 43.7 Å². The molecule has 0 saturated carbocycles. The van der Waals surface area contributed by atoms with Gasteiger partial charge in [-0.3, -0.25) is 9.59 Å². The number of halogens is 6. The highest BCUT2D eigenvalue weighted by atomic mass is 19.4. The van der Waals surface area contributed by atoms with Crippen LogP contribution >= 0.6 is 0 Å². The number of hydrogen-bond acceptors (Lipinski definition) is 5. The van der Waals surface area contributed by atoms with Crippen LogP contribution in [0.15, 0.2) is 36.2 Å². The molecule has 13 heteroatoms. The van der Waals surface area contributed by atoms with E-state index in [4.69, 9.17) is 0 Å². The van der Waals surface area contributed by atoms with Crippen molar-refractivity contribution in [2.45, 2.75) is 51.5 Å². The van der Waals surface area contributed by atoms with Crippen LogP contribution in [0.4, 0.5) is 26.3 Å². The Morgan fingerprint density at radius 1 is 1.15 bits per heavy atom. The highest BCUT2D eigenvalue weighted by molar-refractivity contribution is 5.81. The van der Waals surface area contributed by atoms with Crippen LogP contribution in [-0.4, -0.2) is 64.6 Å². The normalized spacial score (nSPS) is 18.1. The number of pyridine rings is 1. The minimum absolute atomic E-state index is 0.0149. The van der Waals surface area contributed by atoms with Crippen molar-refractivity contribution in [3.05, 3.63) is 70.4 Å². The van der Waals surface area contributed by atoms with Crippen molar-refractivity contribution < 1.29 is 35.9 Å². The Labute approximate surface area is 220 Å². The first-order chi connectivity index (χ1) is 18.4. The summed E-state index contributed by atoms with van der Waals surface area (Å²) in [7, 11) is 0. The van der Waals surface area contributed by atoms with Crippen molar-refractivity contribution in [2.24, 2.45) is 0 Å². The second kappa shape index (κ2) is 11.1. The number of rotatable bonds is 7. The van der Waals surface area contributed by atoms with Gasteiger partial charge in [-0.1, -0.05) is 6.92 Å². The summed E-state index contributed by atoms with van der Waals surface area (Å²) in [6.07, 6.45) is -5.89. The lowest BCUT2D eigenvalue weighted by molar-refractivity contribution is -0.182. The van der Waals surface area contributed by atoms with E-state index in [9.17, 15) is 35.9 Å². The van der Waals surface area contributed by atoms with E-state index in [1.54, 1.807) is 6.92 Å². The molecule has 2 aliphatic rings. The second-order valence-corrected chi connectivity index (χ2v) is 9.51. The van der Waals surface area contributed by atoms with E-state index in [0.29, 0.717) is 0 Å². The molecule has 3 heterocycles. The van der Waals surface area contributed by atoms with E-state index < -0.39 is 47.8 Å². The predicted molar refractivity (Wildman–Crippen MR) is 129 cm³/mol. The Morgan fingerprint density at radius 3 is 2.54 bits per heavy atom. The Balaban J connectivity index is 1.56. The Bertz CT molecular complexity index is 1280. The Morgan fingerprint density at radius 2 is 1.90 bits per heavy atom. The second-order valence-electron chi connectivity index (χ2n) is 9.51. The smallest absolute Gasteiger partial charge is 0.356 e. The van der Waals surface area contributed by atoms with Gasteiger partial charge < -0.3 is 20.4 Å². The van der Waals surface area contributed by atoms with E-state index in [2.05, 4.69) is 15.6 Å². The molecule has 39 heavy (non-hydrogen) atoms. The van der Waals surface area contributed by atoms with E-state index in [1.165, 1.54) is 17.9 Å². The molecule has 2 aromatic rings. The zero-order valence-electron chi connectivity index (χ0n) is 21.2. The number of carbonyl (C=O) groups is 2. The fraction of sp³-hybridized carbons (Fsp3) is 0.423. The van der Waals surface area contributed by atoms with Crippen molar-refractivity contribution >= 4 is 17.5 Å². The van der Waals surface area contributed by atoms with E-state index in [0.717, 1.165) is 29.3 Å². The Hall–Kier alpha value is -3.77. The van der Waals surface area contributed by atoms with Gasteiger partial charge in [-0.05, 0) is 48.7 Å². The maximum absolute atomic E-state index is 14.5. The van der Waals surface area contributed by atoms with Crippen molar-refractivity contribution in [1.82, 2.24) is 25.4 Å². The molecule has 2 aliphatic heterocycles. The lowest BCUT2D eigenvalue weighted by atomic mass is 10.00. The highest BCUT2D eigenvalue weighted by Gasteiger charge is 2.50. The topological polar surface area (TPSA) is 77.6 Å². The number of piperazine rings is 1. The number of aromatic nitrogens is 1. The van der Waals surface area contributed by atoms with Gasteiger partial charge in [-0.2, -0.15) is 17.6 Å². The molecule has 2 atom stereocenters. The summed E-state index contributed by atoms with van der Waals surface area (Å²) in [5, 5.41) is 5.09. The molecular weight excluding hydrogens is 528 g/mol. The third-order valence-electron chi connectivity index (χ3n) is 6.76. The molecule has 0 radical (unpaired) electrons. The number of alkyl halides is 3.